The van der Waals surface area contributed by atoms with Crippen LogP contribution in [0.15, 0.2) is 0 Å². The second kappa shape index (κ2) is 3.48. The van der Waals surface area contributed by atoms with Gasteiger partial charge in [-0.05, 0) is 0 Å². The molecule has 4 N–H and O–H groups in total. The molecule has 1 aliphatic heterocycles. The molecule has 0 aliphatic carbocycles. The van der Waals surface area contributed by atoms with Gasteiger partial charge < -0.3 is 20.1 Å². The Morgan fingerprint density at radius 1 is 1.15 bits per heavy atom. The van der Waals surface area contributed by atoms with Gasteiger partial charge in [0.1, 0.15) is 18.3 Å². The fourth-order valence-electron chi connectivity index (χ4n) is 1.04. The maximum atomic E-state index is 10.5. The molecular weight excluding hydrogens is 204 g/mol. The third kappa shape index (κ3) is 2.16. The summed E-state index contributed by atoms with van der Waals surface area (Å²) in [6.45, 7) is -0.456. The van der Waals surface area contributed by atoms with Gasteiger partial charge in [0.05, 0.1) is 6.61 Å². The molecule has 13 heavy (non-hydrogen) atoms. The van der Waals surface area contributed by atoms with Crippen LogP contribution in [0.3, 0.4) is 0 Å². The Balaban J connectivity index is 2.82. The molecule has 0 saturated carbocycles. The molecule has 7 nitrogen and oxygen atoms in total. The Morgan fingerprint density at radius 2 is 1.69 bits per heavy atom. The normalized spacial score (nSPS) is 41.8. The van der Waals surface area contributed by atoms with Crippen LogP contribution in [0.25, 0.3) is 0 Å². The molecular formula is C5H10O7S. The Morgan fingerprint density at radius 3 is 2.15 bits per heavy atom. The van der Waals surface area contributed by atoms with E-state index < -0.39 is 40.5 Å². The summed E-state index contributed by atoms with van der Waals surface area (Å²) in [6.07, 6.45) is -4.84. The molecule has 8 heteroatoms. The van der Waals surface area contributed by atoms with Crippen LogP contribution in [-0.4, -0.2) is 58.6 Å². The maximum absolute atomic E-state index is 10.5. The van der Waals surface area contributed by atoms with E-state index in [9.17, 15) is 8.42 Å². The van der Waals surface area contributed by atoms with Gasteiger partial charge in [-0.3, -0.25) is 4.55 Å². The Bertz CT molecular complexity index is 273. The lowest BCUT2D eigenvalue weighted by molar-refractivity contribution is -0.165. The van der Waals surface area contributed by atoms with Gasteiger partial charge in [-0.1, -0.05) is 0 Å². The zero-order valence-corrected chi connectivity index (χ0v) is 7.25. The molecule has 1 saturated heterocycles. The van der Waals surface area contributed by atoms with E-state index >= 15 is 0 Å². The van der Waals surface area contributed by atoms with Crippen LogP contribution < -0.4 is 0 Å². The monoisotopic (exact) mass is 214 g/mol. The lowest BCUT2D eigenvalue weighted by Gasteiger charge is -2.33. The van der Waals surface area contributed by atoms with Crippen molar-refractivity contribution >= 4 is 10.1 Å². The van der Waals surface area contributed by atoms with Gasteiger partial charge in [-0.15, -0.1) is 0 Å². The van der Waals surface area contributed by atoms with E-state index in [-0.39, 0.29) is 0 Å². The van der Waals surface area contributed by atoms with Crippen molar-refractivity contribution in [2.45, 2.75) is 23.7 Å². The largest absolute Gasteiger partial charge is 0.388 e. The number of aliphatic hydroxyl groups is 3. The van der Waals surface area contributed by atoms with Gasteiger partial charge in [-0.2, -0.15) is 8.42 Å². The summed E-state index contributed by atoms with van der Waals surface area (Å²) < 4.78 is 34.0. The molecule has 0 amide bonds. The highest BCUT2D eigenvalue weighted by atomic mass is 32.2. The van der Waals surface area contributed by atoms with Crippen LogP contribution >= 0.6 is 0 Å². The average Bonchev–Trinajstić information content (AvgIpc) is 1.98. The van der Waals surface area contributed by atoms with Crippen molar-refractivity contribution in [2.75, 3.05) is 6.61 Å². The molecule has 1 heterocycles. The third-order valence-corrected chi connectivity index (χ3v) is 2.75. The van der Waals surface area contributed by atoms with Gasteiger partial charge in [0, 0.05) is 0 Å². The van der Waals surface area contributed by atoms with Crippen molar-refractivity contribution in [1.82, 2.24) is 0 Å². The summed E-state index contributed by atoms with van der Waals surface area (Å²) in [5.41, 5.74) is -1.90. The van der Waals surface area contributed by atoms with Crippen molar-refractivity contribution in [1.29, 1.82) is 0 Å². The summed E-state index contributed by atoms with van der Waals surface area (Å²) in [5, 5.41) is 27.0. The van der Waals surface area contributed by atoms with Crippen LogP contribution in [0.1, 0.15) is 0 Å². The zero-order valence-electron chi connectivity index (χ0n) is 6.44. The summed E-state index contributed by atoms with van der Waals surface area (Å²) in [5.74, 6) is 0. The van der Waals surface area contributed by atoms with E-state index in [2.05, 4.69) is 4.74 Å². The van der Waals surface area contributed by atoms with Crippen molar-refractivity contribution in [3.63, 3.8) is 0 Å². The molecule has 0 aromatic carbocycles. The molecule has 1 rings (SSSR count). The minimum atomic E-state index is -4.57. The van der Waals surface area contributed by atoms with Gasteiger partial charge in [0.2, 0.25) is 5.44 Å². The minimum Gasteiger partial charge on any atom is -0.388 e. The summed E-state index contributed by atoms with van der Waals surface area (Å²) in [4.78, 5) is 0. The van der Waals surface area contributed by atoms with Crippen LogP contribution in [0, 0.1) is 0 Å². The fourth-order valence-corrected chi connectivity index (χ4v) is 1.81. The quantitative estimate of drug-likeness (QED) is 0.350. The van der Waals surface area contributed by atoms with Crippen molar-refractivity contribution < 1.29 is 33.0 Å². The second-order valence-corrected chi connectivity index (χ2v) is 4.26. The van der Waals surface area contributed by atoms with E-state index in [1.165, 1.54) is 0 Å². The molecule has 0 aromatic heterocycles. The van der Waals surface area contributed by atoms with Crippen molar-refractivity contribution in [2.24, 2.45) is 0 Å². The molecule has 4 atom stereocenters. The topological polar surface area (TPSA) is 124 Å². The molecule has 0 bridgehead atoms. The first kappa shape index (κ1) is 10.8. The standard InChI is InChI=1S/C5H10O7S/c6-2-1-12-5(13(9,10)11)4(8)3(2)7/h2-8H,1H2,(H,9,10,11)/t2-,3+,4-,5?/m0/s1. The molecule has 0 spiro atoms. The SMILES string of the molecule is O=S(=O)(O)C1OC[C@H](O)[C@@H](O)[C@@H]1O. The first-order valence-electron chi connectivity index (χ1n) is 3.46. The van der Waals surface area contributed by atoms with Crippen LogP contribution in [0.4, 0.5) is 0 Å². The molecule has 1 aliphatic rings. The smallest absolute Gasteiger partial charge is 0.295 e. The summed E-state index contributed by atoms with van der Waals surface area (Å²) >= 11 is 0. The highest BCUT2D eigenvalue weighted by Gasteiger charge is 2.43. The average molecular weight is 214 g/mol. The third-order valence-electron chi connectivity index (χ3n) is 1.75. The van der Waals surface area contributed by atoms with Crippen LogP contribution in [0.2, 0.25) is 0 Å². The first-order valence-corrected chi connectivity index (χ1v) is 4.96. The molecule has 1 fully saturated rings. The summed E-state index contributed by atoms with van der Waals surface area (Å²) in [7, 11) is -4.57. The number of hydrogen-bond donors (Lipinski definition) is 4. The van der Waals surface area contributed by atoms with Crippen LogP contribution in [0.5, 0.6) is 0 Å². The van der Waals surface area contributed by atoms with Crippen molar-refractivity contribution in [3.8, 4) is 0 Å². The molecule has 78 valence electrons. The number of rotatable bonds is 1. The van der Waals surface area contributed by atoms with E-state index in [1.807, 2.05) is 0 Å². The van der Waals surface area contributed by atoms with Crippen molar-refractivity contribution in [3.05, 3.63) is 0 Å². The lowest BCUT2D eigenvalue weighted by atomic mass is 10.1. The van der Waals surface area contributed by atoms with E-state index in [0.29, 0.717) is 0 Å². The number of hydrogen-bond acceptors (Lipinski definition) is 6. The second-order valence-electron chi connectivity index (χ2n) is 2.77. The van der Waals surface area contributed by atoms with E-state index in [1.54, 1.807) is 0 Å². The Hall–Kier alpha value is -0.250. The minimum absolute atomic E-state index is 0.456. The Kier molecular flexibility index (Phi) is 2.90. The lowest BCUT2D eigenvalue weighted by Crippen LogP contribution is -2.55. The van der Waals surface area contributed by atoms with E-state index in [4.69, 9.17) is 19.9 Å². The predicted molar refractivity (Wildman–Crippen MR) is 39.3 cm³/mol. The summed E-state index contributed by atoms with van der Waals surface area (Å²) in [6, 6.07) is 0. The molecule has 1 unspecified atom stereocenters. The van der Waals surface area contributed by atoms with E-state index in [0.717, 1.165) is 0 Å². The van der Waals surface area contributed by atoms with Gasteiger partial charge in [0.25, 0.3) is 10.1 Å². The Labute approximate surface area is 74.3 Å². The first-order chi connectivity index (χ1) is 5.84. The van der Waals surface area contributed by atoms with Gasteiger partial charge >= 0.3 is 0 Å². The van der Waals surface area contributed by atoms with Crippen LogP contribution in [-0.2, 0) is 14.9 Å². The zero-order chi connectivity index (χ0) is 10.2. The highest BCUT2D eigenvalue weighted by Crippen LogP contribution is 2.18. The number of aliphatic hydroxyl groups excluding tert-OH is 3. The highest BCUT2D eigenvalue weighted by molar-refractivity contribution is 7.86. The molecule has 0 aromatic rings. The maximum Gasteiger partial charge on any atom is 0.295 e. The fraction of sp³-hybridized carbons (Fsp3) is 1.00. The molecule has 0 radical (unpaired) electrons. The predicted octanol–water partition coefficient (Wildman–Crippen LogP) is -2.69. The number of ether oxygens (including phenoxy) is 1. The van der Waals surface area contributed by atoms with Gasteiger partial charge in [0.15, 0.2) is 0 Å². The van der Waals surface area contributed by atoms with Gasteiger partial charge in [-0.25, -0.2) is 0 Å².